The second kappa shape index (κ2) is 11.7. The third kappa shape index (κ3) is 6.67. The minimum atomic E-state index is -0.310. The van der Waals surface area contributed by atoms with Crippen LogP contribution in [0.15, 0.2) is 18.2 Å². The van der Waals surface area contributed by atoms with E-state index in [0.29, 0.717) is 17.8 Å². The van der Waals surface area contributed by atoms with Crippen LogP contribution in [0.25, 0.3) is 0 Å². The Bertz CT molecular complexity index is 615. The van der Waals surface area contributed by atoms with Gasteiger partial charge in [-0.1, -0.05) is 63.1 Å². The molecule has 2 nitrogen and oxygen atoms in total. The van der Waals surface area contributed by atoms with Crippen molar-refractivity contribution in [3.05, 3.63) is 34.6 Å². The molecule has 0 bridgehead atoms. The lowest BCUT2D eigenvalue weighted by molar-refractivity contribution is -0.257. The van der Waals surface area contributed by atoms with Crippen LogP contribution in [0.4, 0.5) is 4.39 Å². The van der Waals surface area contributed by atoms with Crippen molar-refractivity contribution in [1.82, 2.24) is 0 Å². The SMILES string of the molecule is CCCCCCCC[C@H]1CO[C@H]([C@H]2CC[C@H](c3ccc(Cl)c(F)c3)CC2)O[C@@H]1C. The second-order valence-corrected chi connectivity index (χ2v) is 9.55. The van der Waals surface area contributed by atoms with E-state index in [2.05, 4.69) is 13.8 Å². The van der Waals surface area contributed by atoms with Gasteiger partial charge < -0.3 is 9.47 Å². The summed E-state index contributed by atoms with van der Waals surface area (Å²) >= 11 is 5.82. The predicted molar refractivity (Wildman–Crippen MR) is 118 cm³/mol. The van der Waals surface area contributed by atoms with Gasteiger partial charge in [-0.2, -0.15) is 0 Å². The molecule has 4 heteroatoms. The number of benzene rings is 1. The summed E-state index contributed by atoms with van der Waals surface area (Å²) in [7, 11) is 0. The summed E-state index contributed by atoms with van der Waals surface area (Å²) in [5.74, 6) is 1.10. The van der Waals surface area contributed by atoms with Crippen LogP contribution in [0, 0.1) is 17.7 Å². The summed E-state index contributed by atoms with van der Waals surface area (Å²) in [4.78, 5) is 0. The zero-order chi connectivity index (χ0) is 20.6. The van der Waals surface area contributed by atoms with Crippen molar-refractivity contribution in [3.63, 3.8) is 0 Å². The van der Waals surface area contributed by atoms with Crippen LogP contribution in [0.2, 0.25) is 5.02 Å². The van der Waals surface area contributed by atoms with Crippen LogP contribution in [0.5, 0.6) is 0 Å². The molecule has 3 rings (SSSR count). The lowest BCUT2D eigenvalue weighted by Gasteiger charge is -2.40. The van der Waals surface area contributed by atoms with Gasteiger partial charge in [0.25, 0.3) is 0 Å². The Kier molecular flexibility index (Phi) is 9.27. The molecule has 2 aliphatic rings. The Hall–Kier alpha value is -0.640. The van der Waals surface area contributed by atoms with Crippen molar-refractivity contribution >= 4 is 11.6 Å². The van der Waals surface area contributed by atoms with Gasteiger partial charge in [-0.3, -0.25) is 0 Å². The normalized spacial score (nSPS) is 30.4. The number of ether oxygens (including phenoxy) is 2. The van der Waals surface area contributed by atoms with E-state index in [9.17, 15) is 4.39 Å². The van der Waals surface area contributed by atoms with Crippen molar-refractivity contribution in [2.75, 3.05) is 6.61 Å². The molecule has 0 amide bonds. The molecule has 29 heavy (non-hydrogen) atoms. The van der Waals surface area contributed by atoms with Crippen LogP contribution in [-0.4, -0.2) is 19.0 Å². The highest BCUT2D eigenvalue weighted by Crippen LogP contribution is 2.40. The van der Waals surface area contributed by atoms with Crippen molar-refractivity contribution in [3.8, 4) is 0 Å². The standard InChI is InChI=1S/C25H38ClFO2/c1-3-4-5-6-7-8-9-22-17-28-25(29-18(22)2)20-12-10-19(11-13-20)21-14-15-23(26)24(27)16-21/h14-16,18-20,22,25H,3-13,17H2,1-2H3/t18-,19-,20-,22+,25+/m1/s1. The fourth-order valence-electron chi connectivity index (χ4n) is 4.96. The summed E-state index contributed by atoms with van der Waals surface area (Å²) in [6.07, 6.45) is 13.7. The first-order valence-electron chi connectivity index (χ1n) is 11.8. The van der Waals surface area contributed by atoms with Crippen molar-refractivity contribution in [2.45, 2.75) is 103 Å². The molecule has 0 unspecified atom stereocenters. The molecule has 0 N–H and O–H groups in total. The third-order valence-corrected chi connectivity index (χ3v) is 7.29. The maximum Gasteiger partial charge on any atom is 0.160 e. The highest BCUT2D eigenvalue weighted by atomic mass is 35.5. The average molecular weight is 425 g/mol. The van der Waals surface area contributed by atoms with E-state index >= 15 is 0 Å². The van der Waals surface area contributed by atoms with E-state index in [1.54, 1.807) is 12.1 Å². The third-order valence-electron chi connectivity index (χ3n) is 6.99. The minimum absolute atomic E-state index is 0.0614. The van der Waals surface area contributed by atoms with Gasteiger partial charge in [0, 0.05) is 11.8 Å². The Morgan fingerprint density at radius 2 is 1.76 bits per heavy atom. The second-order valence-electron chi connectivity index (χ2n) is 9.14. The molecule has 0 spiro atoms. The van der Waals surface area contributed by atoms with Crippen molar-refractivity contribution in [2.24, 2.45) is 11.8 Å². The summed E-state index contributed by atoms with van der Waals surface area (Å²) in [5.41, 5.74) is 1.07. The molecule has 2 fully saturated rings. The zero-order valence-corrected chi connectivity index (χ0v) is 18.9. The molecule has 1 aliphatic carbocycles. The number of rotatable bonds is 9. The van der Waals surface area contributed by atoms with Gasteiger partial charge in [0.2, 0.25) is 0 Å². The average Bonchev–Trinajstić information content (AvgIpc) is 2.73. The maximum absolute atomic E-state index is 13.8. The number of hydrogen-bond acceptors (Lipinski definition) is 2. The van der Waals surface area contributed by atoms with Crippen LogP contribution in [-0.2, 0) is 9.47 Å². The molecular weight excluding hydrogens is 387 g/mol. The molecular formula is C25H38ClFO2. The van der Waals surface area contributed by atoms with E-state index in [0.717, 1.165) is 37.9 Å². The van der Waals surface area contributed by atoms with Crippen LogP contribution >= 0.6 is 11.6 Å². The number of hydrogen-bond donors (Lipinski definition) is 0. The lowest BCUT2D eigenvalue weighted by atomic mass is 9.78. The van der Waals surface area contributed by atoms with Gasteiger partial charge in [0.05, 0.1) is 17.7 Å². The first-order chi connectivity index (χ1) is 14.1. The first-order valence-corrected chi connectivity index (χ1v) is 12.2. The molecule has 0 aromatic heterocycles. The lowest BCUT2D eigenvalue weighted by Crippen LogP contribution is -2.42. The fraction of sp³-hybridized carbons (Fsp3) is 0.760. The predicted octanol–water partition coefficient (Wildman–Crippen LogP) is 7.88. The Morgan fingerprint density at radius 1 is 1.03 bits per heavy atom. The van der Waals surface area contributed by atoms with Gasteiger partial charge in [0.15, 0.2) is 6.29 Å². The molecule has 1 aliphatic heterocycles. The molecule has 0 radical (unpaired) electrons. The molecule has 1 aromatic carbocycles. The highest BCUT2D eigenvalue weighted by molar-refractivity contribution is 6.30. The van der Waals surface area contributed by atoms with Gasteiger partial charge >= 0.3 is 0 Å². The minimum Gasteiger partial charge on any atom is -0.352 e. The van der Waals surface area contributed by atoms with Gasteiger partial charge in [-0.15, -0.1) is 0 Å². The topological polar surface area (TPSA) is 18.5 Å². The smallest absolute Gasteiger partial charge is 0.160 e. The summed E-state index contributed by atoms with van der Waals surface area (Å²) in [6, 6.07) is 5.26. The van der Waals surface area contributed by atoms with Gasteiger partial charge in [0.1, 0.15) is 5.82 Å². The van der Waals surface area contributed by atoms with Crippen molar-refractivity contribution in [1.29, 1.82) is 0 Å². The Labute approximate surface area is 181 Å². The molecule has 1 saturated carbocycles. The van der Waals surface area contributed by atoms with Crippen LogP contribution in [0.1, 0.15) is 96.0 Å². The van der Waals surface area contributed by atoms with Gasteiger partial charge in [-0.05, 0) is 62.6 Å². The Balaban J connectivity index is 1.38. The highest BCUT2D eigenvalue weighted by Gasteiger charge is 2.35. The maximum atomic E-state index is 13.8. The Morgan fingerprint density at radius 3 is 2.45 bits per heavy atom. The van der Waals surface area contributed by atoms with Crippen LogP contribution in [0.3, 0.4) is 0 Å². The molecule has 1 aromatic rings. The van der Waals surface area contributed by atoms with Crippen molar-refractivity contribution < 1.29 is 13.9 Å². The molecule has 164 valence electrons. The van der Waals surface area contributed by atoms with E-state index in [1.807, 2.05) is 6.07 Å². The summed E-state index contributed by atoms with van der Waals surface area (Å²) in [6.45, 7) is 5.32. The molecule has 3 atom stereocenters. The monoisotopic (exact) mass is 424 g/mol. The van der Waals surface area contributed by atoms with Crippen LogP contribution < -0.4 is 0 Å². The molecule has 1 heterocycles. The summed E-state index contributed by atoms with van der Waals surface area (Å²) < 4.78 is 26.3. The number of halogens is 2. The zero-order valence-electron chi connectivity index (χ0n) is 18.2. The quantitative estimate of drug-likeness (QED) is 0.375. The van der Waals surface area contributed by atoms with Gasteiger partial charge in [-0.25, -0.2) is 4.39 Å². The van der Waals surface area contributed by atoms with E-state index < -0.39 is 0 Å². The largest absolute Gasteiger partial charge is 0.352 e. The van der Waals surface area contributed by atoms with E-state index in [4.69, 9.17) is 21.1 Å². The molecule has 1 saturated heterocycles. The first kappa shape index (κ1) is 23.0. The fourth-order valence-corrected chi connectivity index (χ4v) is 5.08. The van der Waals surface area contributed by atoms with E-state index in [1.165, 1.54) is 44.9 Å². The number of unbranched alkanes of at least 4 members (excludes halogenated alkanes) is 5. The summed E-state index contributed by atoms with van der Waals surface area (Å²) in [5, 5.41) is 0.205. The van der Waals surface area contributed by atoms with E-state index in [-0.39, 0.29) is 23.2 Å².